The summed E-state index contributed by atoms with van der Waals surface area (Å²) in [5.74, 6) is -0.679. The molecule has 1 aliphatic rings. The SMILES string of the molecule is CC1C[C@H](C)C(O)CC1C(=O)O. The number of carboxylic acid groups (broad SMARTS) is 1. The highest BCUT2D eigenvalue weighted by atomic mass is 16.4. The third kappa shape index (κ3) is 1.78. The molecule has 1 fully saturated rings. The molecule has 0 aliphatic heterocycles. The number of aliphatic hydroxyl groups excluding tert-OH is 1. The van der Waals surface area contributed by atoms with Gasteiger partial charge in [0.15, 0.2) is 0 Å². The molecule has 1 saturated carbocycles. The summed E-state index contributed by atoms with van der Waals surface area (Å²) in [6.45, 7) is 3.92. The van der Waals surface area contributed by atoms with E-state index in [2.05, 4.69) is 0 Å². The van der Waals surface area contributed by atoms with E-state index < -0.39 is 12.1 Å². The Morgan fingerprint density at radius 1 is 1.25 bits per heavy atom. The van der Waals surface area contributed by atoms with Crippen molar-refractivity contribution in [2.75, 3.05) is 0 Å². The zero-order valence-electron chi connectivity index (χ0n) is 7.53. The van der Waals surface area contributed by atoms with Crippen molar-refractivity contribution >= 4 is 5.97 Å². The van der Waals surface area contributed by atoms with Crippen molar-refractivity contribution in [3.8, 4) is 0 Å². The van der Waals surface area contributed by atoms with E-state index in [1.165, 1.54) is 0 Å². The number of carboxylic acids is 1. The van der Waals surface area contributed by atoms with E-state index in [9.17, 15) is 9.90 Å². The van der Waals surface area contributed by atoms with E-state index in [4.69, 9.17) is 5.11 Å². The lowest BCUT2D eigenvalue weighted by Gasteiger charge is -2.33. The normalized spacial score (nSPS) is 42.6. The first kappa shape index (κ1) is 9.52. The Morgan fingerprint density at radius 3 is 2.33 bits per heavy atom. The van der Waals surface area contributed by atoms with Crippen LogP contribution in [0.25, 0.3) is 0 Å². The van der Waals surface area contributed by atoms with Gasteiger partial charge in [0.25, 0.3) is 0 Å². The summed E-state index contributed by atoms with van der Waals surface area (Å²) < 4.78 is 0. The quantitative estimate of drug-likeness (QED) is 0.623. The zero-order valence-corrected chi connectivity index (χ0v) is 7.53. The fraction of sp³-hybridized carbons (Fsp3) is 0.889. The summed E-state index contributed by atoms with van der Waals surface area (Å²) in [5.41, 5.74) is 0. The first-order chi connectivity index (χ1) is 5.52. The second-order valence-corrected chi connectivity index (χ2v) is 3.94. The Labute approximate surface area is 72.4 Å². The van der Waals surface area contributed by atoms with Crippen molar-refractivity contribution in [1.82, 2.24) is 0 Å². The van der Waals surface area contributed by atoms with E-state index in [0.29, 0.717) is 6.42 Å². The van der Waals surface area contributed by atoms with Gasteiger partial charge in [-0.3, -0.25) is 4.79 Å². The van der Waals surface area contributed by atoms with Crippen LogP contribution in [0.15, 0.2) is 0 Å². The fourth-order valence-corrected chi connectivity index (χ4v) is 1.98. The molecule has 0 aromatic rings. The maximum absolute atomic E-state index is 10.7. The summed E-state index contributed by atoms with van der Waals surface area (Å²) >= 11 is 0. The molecule has 3 nitrogen and oxygen atoms in total. The van der Waals surface area contributed by atoms with Crippen LogP contribution in [0.4, 0.5) is 0 Å². The van der Waals surface area contributed by atoms with E-state index in [-0.39, 0.29) is 17.8 Å². The standard InChI is InChI=1S/C9H16O3/c1-5-3-6(2)8(10)4-7(5)9(11)12/h5-8,10H,3-4H2,1-2H3,(H,11,12)/t5?,6-,7?,8?/m0/s1. The molecule has 2 N–H and O–H groups in total. The Morgan fingerprint density at radius 2 is 1.83 bits per heavy atom. The number of rotatable bonds is 1. The lowest BCUT2D eigenvalue weighted by molar-refractivity contribution is -0.147. The van der Waals surface area contributed by atoms with Crippen LogP contribution in [0.2, 0.25) is 0 Å². The first-order valence-corrected chi connectivity index (χ1v) is 4.43. The van der Waals surface area contributed by atoms with Crippen molar-refractivity contribution in [3.05, 3.63) is 0 Å². The molecule has 0 saturated heterocycles. The van der Waals surface area contributed by atoms with Crippen LogP contribution in [0, 0.1) is 17.8 Å². The minimum atomic E-state index is -0.770. The Balaban J connectivity index is 2.61. The fourth-order valence-electron chi connectivity index (χ4n) is 1.98. The summed E-state index contributed by atoms with van der Waals surface area (Å²) in [5, 5.41) is 18.3. The molecule has 70 valence electrons. The molecule has 0 radical (unpaired) electrons. The highest BCUT2D eigenvalue weighted by Gasteiger charge is 2.35. The first-order valence-electron chi connectivity index (χ1n) is 4.43. The summed E-state index contributed by atoms with van der Waals surface area (Å²) in [4.78, 5) is 10.7. The van der Waals surface area contributed by atoms with Gasteiger partial charge >= 0.3 is 5.97 Å². The van der Waals surface area contributed by atoms with Gasteiger partial charge in [0.2, 0.25) is 0 Å². The number of aliphatic carboxylic acids is 1. The molecule has 0 spiro atoms. The maximum Gasteiger partial charge on any atom is 0.306 e. The minimum Gasteiger partial charge on any atom is -0.481 e. The van der Waals surface area contributed by atoms with Crippen LogP contribution in [-0.4, -0.2) is 22.3 Å². The van der Waals surface area contributed by atoms with Crippen molar-refractivity contribution in [1.29, 1.82) is 0 Å². The Kier molecular flexibility index (Phi) is 2.73. The monoisotopic (exact) mass is 172 g/mol. The molecule has 12 heavy (non-hydrogen) atoms. The van der Waals surface area contributed by atoms with Gasteiger partial charge in [-0.15, -0.1) is 0 Å². The molecule has 0 bridgehead atoms. The van der Waals surface area contributed by atoms with Crippen LogP contribution in [-0.2, 0) is 4.79 Å². The van der Waals surface area contributed by atoms with E-state index in [0.717, 1.165) is 6.42 Å². The molecule has 3 unspecified atom stereocenters. The maximum atomic E-state index is 10.7. The van der Waals surface area contributed by atoms with Crippen LogP contribution >= 0.6 is 0 Å². The van der Waals surface area contributed by atoms with Crippen LogP contribution < -0.4 is 0 Å². The van der Waals surface area contributed by atoms with Gasteiger partial charge in [0, 0.05) is 0 Å². The van der Waals surface area contributed by atoms with Crippen molar-refractivity contribution in [2.45, 2.75) is 32.8 Å². The molecular weight excluding hydrogens is 156 g/mol. The van der Waals surface area contributed by atoms with E-state index in [1.54, 1.807) is 0 Å². The zero-order chi connectivity index (χ0) is 9.30. The lowest BCUT2D eigenvalue weighted by atomic mass is 9.74. The number of hydrogen-bond acceptors (Lipinski definition) is 2. The van der Waals surface area contributed by atoms with Crippen molar-refractivity contribution < 1.29 is 15.0 Å². The minimum absolute atomic E-state index is 0.195. The van der Waals surface area contributed by atoms with E-state index >= 15 is 0 Å². The average molecular weight is 172 g/mol. The predicted molar refractivity (Wildman–Crippen MR) is 44.7 cm³/mol. The summed E-state index contributed by atoms with van der Waals surface area (Å²) in [6, 6.07) is 0. The predicted octanol–water partition coefficient (Wildman–Crippen LogP) is 1.11. The van der Waals surface area contributed by atoms with Gasteiger partial charge in [-0.25, -0.2) is 0 Å². The van der Waals surface area contributed by atoms with Gasteiger partial charge < -0.3 is 10.2 Å². The van der Waals surface area contributed by atoms with Crippen molar-refractivity contribution in [3.63, 3.8) is 0 Å². The second kappa shape index (κ2) is 3.44. The molecule has 1 rings (SSSR count). The number of carbonyl (C=O) groups is 1. The third-order valence-corrected chi connectivity index (χ3v) is 2.90. The lowest BCUT2D eigenvalue weighted by Crippen LogP contribution is -2.36. The number of hydrogen-bond donors (Lipinski definition) is 2. The average Bonchev–Trinajstić information content (AvgIpc) is 1.96. The van der Waals surface area contributed by atoms with Crippen LogP contribution in [0.3, 0.4) is 0 Å². The molecule has 0 amide bonds. The summed E-state index contributed by atoms with van der Waals surface area (Å²) in [6.07, 6.45) is 0.804. The van der Waals surface area contributed by atoms with Gasteiger partial charge in [-0.1, -0.05) is 13.8 Å². The van der Waals surface area contributed by atoms with Crippen molar-refractivity contribution in [2.24, 2.45) is 17.8 Å². The molecule has 0 aromatic carbocycles. The highest BCUT2D eigenvalue weighted by molar-refractivity contribution is 5.70. The van der Waals surface area contributed by atoms with Gasteiger partial charge in [-0.2, -0.15) is 0 Å². The second-order valence-electron chi connectivity index (χ2n) is 3.94. The Bertz CT molecular complexity index is 179. The molecule has 1 aliphatic carbocycles. The highest BCUT2D eigenvalue weighted by Crippen LogP contribution is 2.33. The van der Waals surface area contributed by atoms with Crippen LogP contribution in [0.5, 0.6) is 0 Å². The van der Waals surface area contributed by atoms with E-state index in [1.807, 2.05) is 13.8 Å². The molecule has 0 aromatic heterocycles. The molecule has 0 heterocycles. The summed E-state index contributed by atoms with van der Waals surface area (Å²) in [7, 11) is 0. The smallest absolute Gasteiger partial charge is 0.306 e. The van der Waals surface area contributed by atoms with Gasteiger partial charge in [-0.05, 0) is 24.7 Å². The third-order valence-electron chi connectivity index (χ3n) is 2.90. The number of aliphatic hydroxyl groups is 1. The Hall–Kier alpha value is -0.570. The van der Waals surface area contributed by atoms with Gasteiger partial charge in [0.1, 0.15) is 0 Å². The van der Waals surface area contributed by atoms with Crippen LogP contribution in [0.1, 0.15) is 26.7 Å². The topological polar surface area (TPSA) is 57.5 Å². The molecular formula is C9H16O3. The largest absolute Gasteiger partial charge is 0.481 e. The molecule has 3 heteroatoms. The molecule has 4 atom stereocenters. The van der Waals surface area contributed by atoms with Gasteiger partial charge in [0.05, 0.1) is 12.0 Å².